The van der Waals surface area contributed by atoms with Crippen LogP contribution in [0.15, 0.2) is 84.4 Å². The number of carbonyl (C=O) groups is 1. The highest BCUT2D eigenvalue weighted by Gasteiger charge is 2.21. The third-order valence-electron chi connectivity index (χ3n) is 3.92. The van der Waals surface area contributed by atoms with Crippen molar-refractivity contribution in [2.75, 3.05) is 0 Å². The average Bonchev–Trinajstić information content (AvgIpc) is 2.97. The molecule has 1 aliphatic heterocycles. The fraction of sp³-hybridized carbons (Fsp3) is 0. The van der Waals surface area contributed by atoms with E-state index in [1.807, 2.05) is 60.7 Å². The molecule has 23 heavy (non-hydrogen) atoms. The smallest absolute Gasteiger partial charge is 0.343 e. The first-order valence-corrected chi connectivity index (χ1v) is 7.50. The minimum Gasteiger partial charge on any atom is -0.422 e. The molecule has 0 bridgehead atoms. The molecule has 0 spiro atoms. The van der Waals surface area contributed by atoms with Crippen molar-refractivity contribution in [1.82, 2.24) is 0 Å². The van der Waals surface area contributed by atoms with Gasteiger partial charge in [0, 0.05) is 5.56 Å². The van der Waals surface area contributed by atoms with Crippen molar-refractivity contribution in [2.45, 2.75) is 0 Å². The number of rotatable bonds is 2. The van der Waals surface area contributed by atoms with Crippen molar-refractivity contribution >= 4 is 28.6 Å². The Morgan fingerprint density at radius 2 is 1.52 bits per heavy atom. The Bertz CT molecular complexity index is 945. The van der Waals surface area contributed by atoms with Gasteiger partial charge in [-0.15, -0.1) is 0 Å². The second-order valence-electron chi connectivity index (χ2n) is 5.43. The summed E-state index contributed by atoms with van der Waals surface area (Å²) in [5.41, 5.74) is 2.49. The van der Waals surface area contributed by atoms with Crippen molar-refractivity contribution in [1.29, 1.82) is 0 Å². The molecule has 2 heteroatoms. The zero-order chi connectivity index (χ0) is 15.6. The van der Waals surface area contributed by atoms with Gasteiger partial charge in [-0.2, -0.15) is 0 Å². The minimum atomic E-state index is -0.309. The lowest BCUT2D eigenvalue weighted by Gasteiger charge is -2.02. The molecule has 4 rings (SSSR count). The quantitative estimate of drug-likeness (QED) is 0.501. The van der Waals surface area contributed by atoms with Crippen LogP contribution in [0, 0.1) is 0 Å². The molecule has 3 aromatic rings. The normalized spacial score (nSPS) is 15.7. The van der Waals surface area contributed by atoms with Gasteiger partial charge in [0.2, 0.25) is 0 Å². The highest BCUT2D eigenvalue weighted by molar-refractivity contribution is 6.06. The van der Waals surface area contributed by atoms with Gasteiger partial charge < -0.3 is 4.74 Å². The first kappa shape index (κ1) is 13.5. The van der Waals surface area contributed by atoms with Gasteiger partial charge in [0.1, 0.15) is 5.76 Å². The molecule has 110 valence electrons. The van der Waals surface area contributed by atoms with E-state index < -0.39 is 0 Å². The van der Waals surface area contributed by atoms with E-state index in [0.29, 0.717) is 11.3 Å². The second kappa shape index (κ2) is 5.58. The molecule has 0 amide bonds. The molecule has 1 heterocycles. The van der Waals surface area contributed by atoms with Crippen LogP contribution in [0.4, 0.5) is 0 Å². The van der Waals surface area contributed by atoms with Gasteiger partial charge in [0.15, 0.2) is 0 Å². The minimum absolute atomic E-state index is 0.309. The van der Waals surface area contributed by atoms with Crippen molar-refractivity contribution in [3.63, 3.8) is 0 Å². The fourth-order valence-corrected chi connectivity index (χ4v) is 2.78. The standard InChI is InChI=1S/C21H14O2/c22-21-18(14-20(23-21)16-8-2-1-3-9-16)13-17-11-6-10-15-7-4-5-12-19(15)17/h1-14H/b18-13-. The summed E-state index contributed by atoms with van der Waals surface area (Å²) < 4.78 is 5.40. The number of hydrogen-bond acceptors (Lipinski definition) is 2. The Morgan fingerprint density at radius 3 is 2.39 bits per heavy atom. The Labute approximate surface area is 134 Å². The highest BCUT2D eigenvalue weighted by atomic mass is 16.5. The molecule has 0 aromatic heterocycles. The first-order valence-electron chi connectivity index (χ1n) is 7.50. The summed E-state index contributed by atoms with van der Waals surface area (Å²) in [6, 6.07) is 23.9. The molecule has 0 N–H and O–H groups in total. The van der Waals surface area contributed by atoms with Crippen molar-refractivity contribution in [3.8, 4) is 0 Å². The van der Waals surface area contributed by atoms with Gasteiger partial charge in [0.25, 0.3) is 0 Å². The molecule has 0 saturated carbocycles. The number of benzene rings is 3. The van der Waals surface area contributed by atoms with Crippen LogP contribution in [0.2, 0.25) is 0 Å². The van der Waals surface area contributed by atoms with Crippen LogP contribution in [0.25, 0.3) is 22.6 Å². The van der Waals surface area contributed by atoms with Gasteiger partial charge in [-0.05, 0) is 28.5 Å². The maximum atomic E-state index is 12.2. The van der Waals surface area contributed by atoms with E-state index in [2.05, 4.69) is 18.2 Å². The average molecular weight is 298 g/mol. The van der Waals surface area contributed by atoms with Gasteiger partial charge in [-0.1, -0.05) is 72.8 Å². The van der Waals surface area contributed by atoms with Crippen LogP contribution < -0.4 is 0 Å². The fourth-order valence-electron chi connectivity index (χ4n) is 2.78. The zero-order valence-electron chi connectivity index (χ0n) is 12.4. The highest BCUT2D eigenvalue weighted by Crippen LogP contribution is 2.28. The molecule has 0 fully saturated rings. The maximum absolute atomic E-state index is 12.2. The summed E-state index contributed by atoms with van der Waals surface area (Å²) in [4.78, 5) is 12.2. The zero-order valence-corrected chi connectivity index (χ0v) is 12.4. The Kier molecular flexibility index (Phi) is 3.28. The van der Waals surface area contributed by atoms with E-state index in [4.69, 9.17) is 4.74 Å². The first-order chi connectivity index (χ1) is 11.3. The van der Waals surface area contributed by atoms with Crippen LogP contribution in [0.5, 0.6) is 0 Å². The van der Waals surface area contributed by atoms with Gasteiger partial charge in [-0.25, -0.2) is 4.79 Å². The number of fused-ring (bicyclic) bond motifs is 1. The van der Waals surface area contributed by atoms with Gasteiger partial charge in [0.05, 0.1) is 5.57 Å². The van der Waals surface area contributed by atoms with E-state index in [0.717, 1.165) is 21.9 Å². The van der Waals surface area contributed by atoms with E-state index in [1.165, 1.54) is 0 Å². The Hall–Kier alpha value is -3.13. The van der Waals surface area contributed by atoms with E-state index in [1.54, 1.807) is 6.08 Å². The topological polar surface area (TPSA) is 26.3 Å². The molecule has 2 nitrogen and oxygen atoms in total. The van der Waals surface area contributed by atoms with Crippen LogP contribution >= 0.6 is 0 Å². The lowest BCUT2D eigenvalue weighted by atomic mass is 10.0. The van der Waals surface area contributed by atoms with Gasteiger partial charge >= 0.3 is 5.97 Å². The molecule has 3 aromatic carbocycles. The third-order valence-corrected chi connectivity index (χ3v) is 3.92. The number of ether oxygens (including phenoxy) is 1. The molecule has 0 saturated heterocycles. The van der Waals surface area contributed by atoms with Crippen molar-refractivity contribution < 1.29 is 9.53 Å². The number of esters is 1. The van der Waals surface area contributed by atoms with Crippen LogP contribution in [-0.2, 0) is 9.53 Å². The van der Waals surface area contributed by atoms with Crippen LogP contribution in [-0.4, -0.2) is 5.97 Å². The van der Waals surface area contributed by atoms with E-state index >= 15 is 0 Å². The molecular weight excluding hydrogens is 284 g/mol. The second-order valence-corrected chi connectivity index (χ2v) is 5.43. The Balaban J connectivity index is 1.79. The third kappa shape index (κ3) is 2.55. The molecule has 0 unspecified atom stereocenters. The molecule has 0 aliphatic carbocycles. The van der Waals surface area contributed by atoms with Gasteiger partial charge in [-0.3, -0.25) is 0 Å². The van der Waals surface area contributed by atoms with Crippen molar-refractivity contribution in [3.05, 3.63) is 95.6 Å². The summed E-state index contributed by atoms with van der Waals surface area (Å²) in [7, 11) is 0. The van der Waals surface area contributed by atoms with Crippen LogP contribution in [0.3, 0.4) is 0 Å². The molecular formula is C21H14O2. The summed E-state index contributed by atoms with van der Waals surface area (Å²) >= 11 is 0. The molecule has 0 radical (unpaired) electrons. The summed E-state index contributed by atoms with van der Waals surface area (Å²) in [6.45, 7) is 0. The predicted molar refractivity (Wildman–Crippen MR) is 92.4 cm³/mol. The van der Waals surface area contributed by atoms with Crippen LogP contribution in [0.1, 0.15) is 11.1 Å². The summed E-state index contributed by atoms with van der Waals surface area (Å²) in [5, 5.41) is 2.28. The number of cyclic esters (lactones) is 1. The molecule has 1 aliphatic rings. The van der Waals surface area contributed by atoms with Crippen molar-refractivity contribution in [2.24, 2.45) is 0 Å². The largest absolute Gasteiger partial charge is 0.422 e. The number of carbonyl (C=O) groups excluding carboxylic acids is 1. The summed E-state index contributed by atoms with van der Waals surface area (Å²) in [5.74, 6) is 0.291. The Morgan fingerprint density at radius 1 is 0.783 bits per heavy atom. The summed E-state index contributed by atoms with van der Waals surface area (Å²) in [6.07, 6.45) is 3.69. The SMILES string of the molecule is O=C1OC(c2ccccc2)=C/C1=C/c1cccc2ccccc12. The lowest BCUT2D eigenvalue weighted by molar-refractivity contribution is -0.130. The van der Waals surface area contributed by atoms with E-state index in [9.17, 15) is 4.79 Å². The maximum Gasteiger partial charge on any atom is 0.343 e. The predicted octanol–water partition coefficient (Wildman–Crippen LogP) is 4.82. The van der Waals surface area contributed by atoms with E-state index in [-0.39, 0.29) is 5.97 Å². The lowest BCUT2D eigenvalue weighted by Crippen LogP contribution is -1.97. The number of hydrogen-bond donors (Lipinski definition) is 0. The monoisotopic (exact) mass is 298 g/mol. The molecule has 0 atom stereocenters.